The summed E-state index contributed by atoms with van der Waals surface area (Å²) in [5.74, 6) is -1.10. The topological polar surface area (TPSA) is 123 Å². The molecule has 0 aliphatic heterocycles. The number of hydrogen-bond acceptors (Lipinski definition) is 5. The fraction of sp³-hybridized carbons (Fsp3) is 0.533. The van der Waals surface area contributed by atoms with E-state index in [9.17, 15) is 13.2 Å². The lowest BCUT2D eigenvalue weighted by Crippen LogP contribution is -2.33. The highest BCUT2D eigenvalue weighted by Crippen LogP contribution is 2.25. The van der Waals surface area contributed by atoms with Crippen LogP contribution in [-0.4, -0.2) is 30.9 Å². The van der Waals surface area contributed by atoms with E-state index in [-0.39, 0.29) is 17.7 Å². The molecule has 0 fully saturated rings. The second kappa shape index (κ2) is 7.21. The predicted molar refractivity (Wildman–Crippen MR) is 85.3 cm³/mol. The zero-order chi connectivity index (χ0) is 17.1. The summed E-state index contributed by atoms with van der Waals surface area (Å²) in [4.78, 5) is 10.9. The van der Waals surface area contributed by atoms with E-state index < -0.39 is 27.2 Å². The molecular weight excluding hydrogens is 304 g/mol. The Morgan fingerprint density at radius 1 is 1.14 bits per heavy atom. The average Bonchev–Trinajstić information content (AvgIpc) is 2.44. The van der Waals surface area contributed by atoms with Crippen molar-refractivity contribution in [2.24, 2.45) is 11.5 Å². The van der Waals surface area contributed by atoms with E-state index in [0.29, 0.717) is 12.0 Å². The molecule has 5 N–H and O–H groups in total. The van der Waals surface area contributed by atoms with E-state index in [2.05, 4.69) is 0 Å². The average molecular weight is 328 g/mol. The lowest BCUT2D eigenvalue weighted by atomic mass is 10.1. The summed E-state index contributed by atoms with van der Waals surface area (Å²) >= 11 is 0. The van der Waals surface area contributed by atoms with Crippen molar-refractivity contribution in [1.82, 2.24) is 0 Å². The van der Waals surface area contributed by atoms with E-state index in [1.165, 1.54) is 0 Å². The van der Waals surface area contributed by atoms with Crippen LogP contribution in [0.15, 0.2) is 17.0 Å². The number of rotatable bonds is 7. The molecule has 0 amide bonds. The Morgan fingerprint density at radius 2 is 1.73 bits per heavy atom. The second-order valence-corrected chi connectivity index (χ2v) is 7.73. The van der Waals surface area contributed by atoms with Gasteiger partial charge >= 0.3 is 5.97 Å². The minimum Gasteiger partial charge on any atom is -0.480 e. The number of benzene rings is 1. The number of sulfone groups is 1. The van der Waals surface area contributed by atoms with Gasteiger partial charge in [0.05, 0.1) is 4.90 Å². The number of hydrogen-bond donors (Lipinski definition) is 3. The highest BCUT2D eigenvalue weighted by molar-refractivity contribution is 7.92. The number of aliphatic carboxylic acids is 1. The third kappa shape index (κ3) is 4.06. The van der Waals surface area contributed by atoms with Gasteiger partial charge in [-0.25, -0.2) is 8.42 Å². The van der Waals surface area contributed by atoms with Gasteiger partial charge in [0.15, 0.2) is 9.84 Å². The number of nitrogens with two attached hydrogens (primary N) is 2. The van der Waals surface area contributed by atoms with E-state index in [1.807, 2.05) is 13.8 Å². The Morgan fingerprint density at radius 3 is 2.27 bits per heavy atom. The fourth-order valence-corrected chi connectivity index (χ4v) is 3.86. The van der Waals surface area contributed by atoms with Crippen LogP contribution in [0.4, 0.5) is 0 Å². The minimum atomic E-state index is -3.64. The van der Waals surface area contributed by atoms with Crippen molar-refractivity contribution in [2.75, 3.05) is 0 Å². The zero-order valence-corrected chi connectivity index (χ0v) is 14.0. The first-order chi connectivity index (χ1) is 10.1. The zero-order valence-electron chi connectivity index (χ0n) is 13.2. The molecule has 1 unspecified atom stereocenters. The SMILES string of the molecule is Cc1ccc(S(=O)(=O)C(N)CCC[C@H](N)C(=O)O)c(C)c1C. The summed E-state index contributed by atoms with van der Waals surface area (Å²) in [7, 11) is -3.64. The summed E-state index contributed by atoms with van der Waals surface area (Å²) in [6.45, 7) is 5.56. The molecule has 0 aliphatic rings. The van der Waals surface area contributed by atoms with E-state index in [4.69, 9.17) is 16.6 Å². The molecule has 22 heavy (non-hydrogen) atoms. The lowest BCUT2D eigenvalue weighted by molar-refractivity contribution is -0.138. The van der Waals surface area contributed by atoms with Gasteiger partial charge in [0.2, 0.25) is 0 Å². The number of carbonyl (C=O) groups is 1. The molecule has 124 valence electrons. The highest BCUT2D eigenvalue weighted by Gasteiger charge is 2.26. The molecule has 0 spiro atoms. The fourth-order valence-electron chi connectivity index (χ4n) is 2.22. The van der Waals surface area contributed by atoms with Gasteiger partial charge in [-0.2, -0.15) is 0 Å². The minimum absolute atomic E-state index is 0.176. The monoisotopic (exact) mass is 328 g/mol. The van der Waals surface area contributed by atoms with Gasteiger partial charge in [-0.3, -0.25) is 4.79 Å². The third-order valence-corrected chi connectivity index (χ3v) is 6.12. The van der Waals surface area contributed by atoms with Gasteiger partial charge in [0, 0.05) is 0 Å². The molecule has 0 aliphatic carbocycles. The maximum absolute atomic E-state index is 12.6. The van der Waals surface area contributed by atoms with Crippen LogP contribution in [0.2, 0.25) is 0 Å². The normalized spacial score (nSPS) is 14.6. The lowest BCUT2D eigenvalue weighted by Gasteiger charge is -2.17. The molecule has 1 aromatic rings. The number of carboxylic acid groups (broad SMARTS) is 1. The highest BCUT2D eigenvalue weighted by atomic mass is 32.2. The number of carboxylic acids is 1. The first kappa shape index (κ1) is 18.6. The summed E-state index contributed by atoms with van der Waals surface area (Å²) in [6, 6.07) is 2.36. The third-order valence-electron chi connectivity index (χ3n) is 4.03. The number of aryl methyl sites for hydroxylation is 1. The molecule has 7 heteroatoms. The molecule has 0 bridgehead atoms. The molecule has 0 radical (unpaired) electrons. The molecule has 0 aromatic heterocycles. The summed E-state index contributed by atoms with van der Waals surface area (Å²) < 4.78 is 25.1. The van der Waals surface area contributed by atoms with Crippen molar-refractivity contribution >= 4 is 15.8 Å². The molecule has 6 nitrogen and oxygen atoms in total. The standard InChI is InChI=1S/C15H24N2O4S/c1-9-7-8-13(11(3)10(9)2)22(20,21)14(17)6-4-5-12(16)15(18)19/h7-8,12,14H,4-6,16-17H2,1-3H3,(H,18,19)/t12-,14?/m0/s1. The van der Waals surface area contributed by atoms with Crippen LogP contribution in [0.25, 0.3) is 0 Å². The van der Waals surface area contributed by atoms with E-state index in [1.54, 1.807) is 19.1 Å². The maximum Gasteiger partial charge on any atom is 0.320 e. The van der Waals surface area contributed by atoms with Gasteiger partial charge in [0.1, 0.15) is 11.4 Å². The first-order valence-corrected chi connectivity index (χ1v) is 8.68. The summed E-state index contributed by atoms with van der Waals surface area (Å²) in [6.07, 6.45) is 0.720. The molecule has 1 aromatic carbocycles. The van der Waals surface area contributed by atoms with E-state index >= 15 is 0 Å². The van der Waals surface area contributed by atoms with E-state index in [0.717, 1.165) is 11.1 Å². The molecule has 1 rings (SSSR count). The molecular formula is C15H24N2O4S. The van der Waals surface area contributed by atoms with Gasteiger partial charge in [-0.05, 0) is 62.8 Å². The van der Waals surface area contributed by atoms with Crippen LogP contribution in [0.5, 0.6) is 0 Å². The van der Waals surface area contributed by atoms with Crippen molar-refractivity contribution < 1.29 is 18.3 Å². The van der Waals surface area contributed by atoms with Crippen molar-refractivity contribution in [3.05, 3.63) is 28.8 Å². The van der Waals surface area contributed by atoms with Crippen LogP contribution >= 0.6 is 0 Å². The van der Waals surface area contributed by atoms with Crippen LogP contribution < -0.4 is 11.5 Å². The van der Waals surface area contributed by atoms with Crippen LogP contribution in [0.3, 0.4) is 0 Å². The smallest absolute Gasteiger partial charge is 0.320 e. The van der Waals surface area contributed by atoms with Gasteiger partial charge in [-0.15, -0.1) is 0 Å². The Bertz CT molecular complexity index is 656. The Kier molecular flexibility index (Phi) is 6.10. The molecule has 0 saturated carbocycles. The quantitative estimate of drug-likeness (QED) is 0.692. The largest absolute Gasteiger partial charge is 0.480 e. The molecule has 0 saturated heterocycles. The van der Waals surface area contributed by atoms with Crippen molar-refractivity contribution in [2.45, 2.75) is 56.3 Å². The van der Waals surface area contributed by atoms with Crippen molar-refractivity contribution in [3.63, 3.8) is 0 Å². The van der Waals surface area contributed by atoms with Gasteiger partial charge < -0.3 is 16.6 Å². The predicted octanol–water partition coefficient (Wildman–Crippen LogP) is 1.25. The van der Waals surface area contributed by atoms with Crippen molar-refractivity contribution in [1.29, 1.82) is 0 Å². The van der Waals surface area contributed by atoms with Crippen LogP contribution in [0, 0.1) is 20.8 Å². The van der Waals surface area contributed by atoms with Gasteiger partial charge in [0.25, 0.3) is 0 Å². The van der Waals surface area contributed by atoms with Gasteiger partial charge in [-0.1, -0.05) is 6.07 Å². The Balaban J connectivity index is 2.86. The Labute approximate surface area is 131 Å². The van der Waals surface area contributed by atoms with Crippen LogP contribution in [0.1, 0.15) is 36.0 Å². The maximum atomic E-state index is 12.6. The first-order valence-electron chi connectivity index (χ1n) is 7.13. The second-order valence-electron chi connectivity index (χ2n) is 5.59. The summed E-state index contributed by atoms with van der Waals surface area (Å²) in [5.41, 5.74) is 13.9. The summed E-state index contributed by atoms with van der Waals surface area (Å²) in [5, 5.41) is 7.64. The molecule has 0 heterocycles. The van der Waals surface area contributed by atoms with Crippen molar-refractivity contribution in [3.8, 4) is 0 Å². The Hall–Kier alpha value is -1.44. The van der Waals surface area contributed by atoms with Crippen LogP contribution in [-0.2, 0) is 14.6 Å². The molecule has 2 atom stereocenters.